The summed E-state index contributed by atoms with van der Waals surface area (Å²) in [4.78, 5) is 0. The molecule has 0 atom stereocenters. The molecule has 29 heavy (non-hydrogen) atoms. The molecule has 0 spiro atoms. The van der Waals surface area contributed by atoms with E-state index in [1.54, 1.807) is 0 Å². The van der Waals surface area contributed by atoms with Crippen LogP contribution in [0.2, 0.25) is 0 Å². The van der Waals surface area contributed by atoms with Crippen molar-refractivity contribution in [2.75, 3.05) is 52.9 Å². The summed E-state index contributed by atoms with van der Waals surface area (Å²) in [6.07, 6.45) is 0. The van der Waals surface area contributed by atoms with Crippen molar-refractivity contribution in [3.05, 3.63) is 0 Å². The van der Waals surface area contributed by atoms with Crippen LogP contribution in [0.3, 0.4) is 0 Å². The molecule has 0 aromatic rings. The molecule has 0 fully saturated rings. The van der Waals surface area contributed by atoms with E-state index in [-0.39, 0.29) is 0 Å². The van der Waals surface area contributed by atoms with Crippen LogP contribution < -0.4 is 0 Å². The summed E-state index contributed by atoms with van der Waals surface area (Å²) in [7, 11) is -14.4. The monoisotopic (exact) mass is 478 g/mol. The summed E-state index contributed by atoms with van der Waals surface area (Å²) in [5.74, 6) is 0. The summed E-state index contributed by atoms with van der Waals surface area (Å²) in [6, 6.07) is 0. The number of hydrogen-bond acceptors (Lipinski definition) is 0. The molecule has 186 valence electrons. The molecule has 0 unspecified atom stereocenters. The van der Waals surface area contributed by atoms with Crippen LogP contribution in [0.25, 0.3) is 0 Å². The summed E-state index contributed by atoms with van der Waals surface area (Å²) < 4.78 is 101. The van der Waals surface area contributed by atoms with Gasteiger partial charge in [0.05, 0.1) is 52.9 Å². The second-order valence-corrected chi connectivity index (χ2v) is 8.54. The Balaban J connectivity index is -0.000000147. The molecule has 0 heterocycles. The van der Waals surface area contributed by atoms with Crippen molar-refractivity contribution in [2.24, 2.45) is 0 Å². The molecule has 0 N–H and O–H groups in total. The second-order valence-electron chi connectivity index (χ2n) is 6.63. The molecule has 2 nitrogen and oxygen atoms in total. The first kappa shape index (κ1) is 36.1. The predicted octanol–water partition coefficient (Wildman–Crippen LogP) is 8.06. The van der Waals surface area contributed by atoms with E-state index in [1.165, 1.54) is 54.8 Å². The molecular formula is C15H38BF10N2P. The normalized spacial score (nSPS) is 14.7. The van der Waals surface area contributed by atoms with E-state index in [9.17, 15) is 42.4 Å². The van der Waals surface area contributed by atoms with Gasteiger partial charge in [-0.05, 0) is 48.5 Å². The third-order valence-electron chi connectivity index (χ3n) is 4.97. The van der Waals surface area contributed by atoms with Gasteiger partial charge < -0.3 is 26.2 Å². The Bertz CT molecular complexity index is 361. The molecule has 0 aliphatic rings. The van der Waals surface area contributed by atoms with Crippen molar-refractivity contribution < 1.29 is 51.4 Å². The standard InChI is InChI=1S/C8H20N.C7H18N.BF4.F6P/c1-5-9(6-2,7-3)8-4;1-5-8(4,6-2)7-3;2-1(3,4)5;1-7(2,3,4,5)6/h5-8H2,1-4H3;5-7H2,1-4H3;;/q2*+1;2*-1. The molecule has 0 aromatic heterocycles. The van der Waals surface area contributed by atoms with E-state index in [0.29, 0.717) is 0 Å². The number of nitrogens with zero attached hydrogens (tertiary/aromatic N) is 2. The fraction of sp³-hybridized carbons (Fsp3) is 1.00. The van der Waals surface area contributed by atoms with Gasteiger partial charge in [0.15, 0.2) is 0 Å². The molecule has 14 heteroatoms. The third-order valence-corrected chi connectivity index (χ3v) is 4.97. The molecule has 0 saturated heterocycles. The molecule has 0 radical (unpaired) electrons. The van der Waals surface area contributed by atoms with Crippen LogP contribution in [0.4, 0.5) is 42.4 Å². The third kappa shape index (κ3) is 42.7. The molecule has 0 rings (SSSR count). The van der Waals surface area contributed by atoms with Gasteiger partial charge in [0.2, 0.25) is 0 Å². The van der Waals surface area contributed by atoms with Gasteiger partial charge in [-0.25, -0.2) is 0 Å². The summed E-state index contributed by atoms with van der Waals surface area (Å²) in [5, 5.41) is 0. The molecule has 0 aliphatic carbocycles. The fourth-order valence-electron chi connectivity index (χ4n) is 2.01. The zero-order valence-corrected chi connectivity index (χ0v) is 19.5. The van der Waals surface area contributed by atoms with Gasteiger partial charge in [0, 0.05) is 0 Å². The Morgan fingerprint density at radius 2 is 0.655 bits per heavy atom. The Morgan fingerprint density at radius 3 is 0.655 bits per heavy atom. The van der Waals surface area contributed by atoms with Gasteiger partial charge in [-0.3, -0.25) is 0 Å². The average Bonchev–Trinajstić information content (AvgIpc) is 2.53. The van der Waals surface area contributed by atoms with E-state index in [0.717, 1.165) is 0 Å². The van der Waals surface area contributed by atoms with Crippen molar-refractivity contribution in [3.63, 3.8) is 0 Å². The first-order valence-corrected chi connectivity index (χ1v) is 11.5. The Kier molecular flexibility index (Phi) is 15.6. The maximum atomic E-state index is 9.87. The van der Waals surface area contributed by atoms with Gasteiger partial charge in [0.25, 0.3) is 0 Å². The zero-order valence-electron chi connectivity index (χ0n) is 18.6. The van der Waals surface area contributed by atoms with Crippen LogP contribution >= 0.6 is 7.81 Å². The van der Waals surface area contributed by atoms with Crippen LogP contribution in [0.1, 0.15) is 48.5 Å². The van der Waals surface area contributed by atoms with Crippen molar-refractivity contribution in [2.45, 2.75) is 48.5 Å². The van der Waals surface area contributed by atoms with Gasteiger partial charge in [-0.2, -0.15) is 0 Å². The zero-order chi connectivity index (χ0) is 24.9. The van der Waals surface area contributed by atoms with Crippen LogP contribution in [-0.2, 0) is 0 Å². The molecule has 0 amide bonds. The van der Waals surface area contributed by atoms with Gasteiger partial charge in [0.1, 0.15) is 0 Å². The maximum absolute atomic E-state index is 10.7. The quantitative estimate of drug-likeness (QED) is 0.150. The minimum atomic E-state index is -10.7. The Morgan fingerprint density at radius 1 is 0.517 bits per heavy atom. The van der Waals surface area contributed by atoms with E-state index >= 15 is 0 Å². The molecular weight excluding hydrogens is 440 g/mol. The molecule has 0 aliphatic heterocycles. The fourth-order valence-corrected chi connectivity index (χ4v) is 2.01. The predicted molar refractivity (Wildman–Crippen MR) is 104 cm³/mol. The number of halogens is 10. The van der Waals surface area contributed by atoms with Crippen LogP contribution in [-0.4, -0.2) is 69.1 Å². The topological polar surface area (TPSA) is 0 Å². The first-order valence-electron chi connectivity index (χ1n) is 9.50. The molecule has 0 saturated carbocycles. The number of rotatable bonds is 7. The van der Waals surface area contributed by atoms with Gasteiger partial charge in [-0.15, -0.1) is 0 Å². The number of hydrogen-bond donors (Lipinski definition) is 0. The van der Waals surface area contributed by atoms with Crippen LogP contribution in [0, 0.1) is 0 Å². The second kappa shape index (κ2) is 12.5. The van der Waals surface area contributed by atoms with Crippen molar-refractivity contribution in [1.82, 2.24) is 0 Å². The van der Waals surface area contributed by atoms with E-state index in [2.05, 4.69) is 55.5 Å². The van der Waals surface area contributed by atoms with Crippen molar-refractivity contribution in [1.29, 1.82) is 0 Å². The summed E-state index contributed by atoms with van der Waals surface area (Å²) in [5.41, 5.74) is 0. The SMILES string of the molecule is CC[N+](C)(CC)CC.CC[N+](CC)(CC)CC.F[B-](F)(F)F.F[P-](F)(F)(F)(F)F. The van der Waals surface area contributed by atoms with E-state index in [4.69, 9.17) is 0 Å². The van der Waals surface area contributed by atoms with Crippen molar-refractivity contribution >= 4 is 15.1 Å². The van der Waals surface area contributed by atoms with E-state index < -0.39 is 15.1 Å². The first-order chi connectivity index (χ1) is 12.4. The summed E-state index contributed by atoms with van der Waals surface area (Å²) >= 11 is 0. The van der Waals surface area contributed by atoms with Gasteiger partial charge >= 0.3 is 40.2 Å². The molecule has 0 aromatic carbocycles. The van der Waals surface area contributed by atoms with E-state index in [1.807, 2.05) is 0 Å². The average molecular weight is 478 g/mol. The van der Waals surface area contributed by atoms with Crippen LogP contribution in [0.5, 0.6) is 0 Å². The Labute approximate surface area is 168 Å². The number of quaternary nitrogens is 2. The van der Waals surface area contributed by atoms with Crippen molar-refractivity contribution in [3.8, 4) is 0 Å². The Hall–Kier alpha value is -0.285. The minimum absolute atomic E-state index is 1.21. The van der Waals surface area contributed by atoms with Crippen LogP contribution in [0.15, 0.2) is 0 Å². The molecule has 0 bridgehead atoms. The summed E-state index contributed by atoms with van der Waals surface area (Å²) in [6.45, 7) is 24.7. The van der Waals surface area contributed by atoms with Gasteiger partial charge in [-0.1, -0.05) is 0 Å².